The van der Waals surface area contributed by atoms with Gasteiger partial charge in [0.25, 0.3) is 0 Å². The van der Waals surface area contributed by atoms with Crippen molar-refractivity contribution in [2.24, 2.45) is 5.92 Å². The molecule has 0 aliphatic carbocycles. The molecule has 13 heavy (non-hydrogen) atoms. The Balaban J connectivity index is 2.13. The number of nitrogens with zero attached hydrogens (tertiary/aromatic N) is 1. The van der Waals surface area contributed by atoms with E-state index < -0.39 is 0 Å². The number of aromatic nitrogens is 1. The third-order valence-corrected chi connectivity index (χ3v) is 2.60. The van der Waals surface area contributed by atoms with E-state index in [-0.39, 0.29) is 0 Å². The average Bonchev–Trinajstić information content (AvgIpc) is 2.45. The Kier molecular flexibility index (Phi) is 4.39. The summed E-state index contributed by atoms with van der Waals surface area (Å²) in [5, 5.41) is 6.72. The molecule has 0 bridgehead atoms. The number of hydrogen-bond donors (Lipinski definition) is 1. The van der Waals surface area contributed by atoms with Gasteiger partial charge in [-0.3, -0.25) is 0 Å². The summed E-state index contributed by atoms with van der Waals surface area (Å²) in [4.78, 5) is 4.41. The summed E-state index contributed by atoms with van der Waals surface area (Å²) >= 11 is 1.73. The standard InChI is InChI=1S/C10H18N2S/c1-8(2)6-11-5-4-10-7-13-9(3)12-10/h7-8,11H,4-6H2,1-3H3. The summed E-state index contributed by atoms with van der Waals surface area (Å²) in [6, 6.07) is 0. The molecule has 74 valence electrons. The highest BCUT2D eigenvalue weighted by Gasteiger charge is 1.98. The monoisotopic (exact) mass is 198 g/mol. The van der Waals surface area contributed by atoms with Crippen LogP contribution in [0.1, 0.15) is 24.5 Å². The van der Waals surface area contributed by atoms with Gasteiger partial charge in [-0.25, -0.2) is 4.98 Å². The van der Waals surface area contributed by atoms with Crippen LogP contribution >= 0.6 is 11.3 Å². The number of rotatable bonds is 5. The molecule has 2 nitrogen and oxygen atoms in total. The molecule has 1 aromatic rings. The van der Waals surface area contributed by atoms with Gasteiger partial charge in [-0.2, -0.15) is 0 Å². The Morgan fingerprint density at radius 1 is 1.54 bits per heavy atom. The Labute approximate surface area is 84.4 Å². The zero-order chi connectivity index (χ0) is 9.68. The fraction of sp³-hybridized carbons (Fsp3) is 0.700. The van der Waals surface area contributed by atoms with Crippen molar-refractivity contribution in [2.45, 2.75) is 27.2 Å². The van der Waals surface area contributed by atoms with Gasteiger partial charge in [0.1, 0.15) is 0 Å². The minimum Gasteiger partial charge on any atom is -0.316 e. The van der Waals surface area contributed by atoms with Gasteiger partial charge in [0.2, 0.25) is 0 Å². The van der Waals surface area contributed by atoms with Gasteiger partial charge in [0.05, 0.1) is 10.7 Å². The molecular formula is C10H18N2S. The fourth-order valence-corrected chi connectivity index (χ4v) is 1.78. The van der Waals surface area contributed by atoms with Crippen LogP contribution in [0.15, 0.2) is 5.38 Å². The van der Waals surface area contributed by atoms with Crippen LogP contribution in [0.5, 0.6) is 0 Å². The molecule has 0 saturated heterocycles. The Morgan fingerprint density at radius 2 is 2.31 bits per heavy atom. The van der Waals surface area contributed by atoms with Gasteiger partial charge in [0, 0.05) is 18.3 Å². The molecule has 0 aliphatic heterocycles. The van der Waals surface area contributed by atoms with Crippen LogP contribution in [-0.4, -0.2) is 18.1 Å². The zero-order valence-corrected chi connectivity index (χ0v) is 9.45. The maximum Gasteiger partial charge on any atom is 0.0897 e. The normalized spacial score (nSPS) is 11.1. The fourth-order valence-electron chi connectivity index (χ4n) is 1.13. The molecule has 0 radical (unpaired) electrons. The molecule has 0 atom stereocenters. The molecule has 0 amide bonds. The first-order valence-electron chi connectivity index (χ1n) is 4.80. The van der Waals surface area contributed by atoms with Crippen LogP contribution in [-0.2, 0) is 6.42 Å². The minimum atomic E-state index is 0.733. The molecular weight excluding hydrogens is 180 g/mol. The second kappa shape index (κ2) is 5.35. The topological polar surface area (TPSA) is 24.9 Å². The van der Waals surface area contributed by atoms with E-state index in [9.17, 15) is 0 Å². The highest BCUT2D eigenvalue weighted by Crippen LogP contribution is 2.07. The first kappa shape index (κ1) is 10.7. The quantitative estimate of drug-likeness (QED) is 0.734. The van der Waals surface area contributed by atoms with Crippen molar-refractivity contribution in [1.29, 1.82) is 0 Å². The lowest BCUT2D eigenvalue weighted by Crippen LogP contribution is -2.22. The van der Waals surface area contributed by atoms with Crippen molar-refractivity contribution in [1.82, 2.24) is 10.3 Å². The van der Waals surface area contributed by atoms with E-state index in [1.54, 1.807) is 11.3 Å². The van der Waals surface area contributed by atoms with Crippen LogP contribution in [0.3, 0.4) is 0 Å². The average molecular weight is 198 g/mol. The number of thiazole rings is 1. The highest BCUT2D eigenvalue weighted by molar-refractivity contribution is 7.09. The maximum absolute atomic E-state index is 4.41. The summed E-state index contributed by atoms with van der Waals surface area (Å²) in [6.07, 6.45) is 1.05. The molecule has 0 aromatic carbocycles. The third kappa shape index (κ3) is 4.39. The van der Waals surface area contributed by atoms with E-state index in [0.717, 1.165) is 25.4 Å². The molecule has 0 aliphatic rings. The SMILES string of the molecule is Cc1nc(CCNCC(C)C)cs1. The van der Waals surface area contributed by atoms with Crippen LogP contribution in [0.25, 0.3) is 0 Å². The lowest BCUT2D eigenvalue weighted by molar-refractivity contribution is 0.553. The predicted octanol–water partition coefficient (Wildman–Crippen LogP) is 2.24. The number of nitrogens with one attached hydrogen (secondary N) is 1. The molecule has 1 aromatic heterocycles. The van der Waals surface area contributed by atoms with Gasteiger partial charge in [-0.1, -0.05) is 13.8 Å². The second-order valence-corrected chi connectivity index (χ2v) is 4.77. The van der Waals surface area contributed by atoms with Crippen molar-refractivity contribution < 1.29 is 0 Å². The van der Waals surface area contributed by atoms with E-state index in [2.05, 4.69) is 36.5 Å². The van der Waals surface area contributed by atoms with Crippen molar-refractivity contribution in [3.63, 3.8) is 0 Å². The molecule has 0 fully saturated rings. The summed E-state index contributed by atoms with van der Waals surface area (Å²) in [5.74, 6) is 0.733. The molecule has 1 heterocycles. The van der Waals surface area contributed by atoms with E-state index in [1.165, 1.54) is 10.7 Å². The van der Waals surface area contributed by atoms with Gasteiger partial charge in [-0.15, -0.1) is 11.3 Å². The van der Waals surface area contributed by atoms with Crippen LogP contribution < -0.4 is 5.32 Å². The molecule has 0 unspecified atom stereocenters. The first-order chi connectivity index (χ1) is 6.18. The lowest BCUT2D eigenvalue weighted by atomic mass is 10.2. The minimum absolute atomic E-state index is 0.733. The van der Waals surface area contributed by atoms with Crippen LogP contribution in [0, 0.1) is 12.8 Å². The lowest BCUT2D eigenvalue weighted by Gasteiger charge is -2.05. The number of hydrogen-bond acceptors (Lipinski definition) is 3. The predicted molar refractivity (Wildman–Crippen MR) is 58.3 cm³/mol. The number of aryl methyl sites for hydroxylation is 1. The first-order valence-corrected chi connectivity index (χ1v) is 5.68. The van der Waals surface area contributed by atoms with Gasteiger partial charge in [0.15, 0.2) is 0 Å². The molecule has 1 N–H and O–H groups in total. The van der Waals surface area contributed by atoms with E-state index in [1.807, 2.05) is 0 Å². The summed E-state index contributed by atoms with van der Waals surface area (Å²) < 4.78 is 0. The summed E-state index contributed by atoms with van der Waals surface area (Å²) in [7, 11) is 0. The Morgan fingerprint density at radius 3 is 2.85 bits per heavy atom. The molecule has 0 spiro atoms. The Bertz CT molecular complexity index is 243. The van der Waals surface area contributed by atoms with Gasteiger partial charge >= 0.3 is 0 Å². The van der Waals surface area contributed by atoms with Gasteiger partial charge in [-0.05, 0) is 19.4 Å². The zero-order valence-electron chi connectivity index (χ0n) is 8.63. The van der Waals surface area contributed by atoms with Crippen LogP contribution in [0.4, 0.5) is 0 Å². The molecule has 0 saturated carbocycles. The van der Waals surface area contributed by atoms with E-state index in [4.69, 9.17) is 0 Å². The molecule has 1 rings (SSSR count). The van der Waals surface area contributed by atoms with E-state index in [0.29, 0.717) is 0 Å². The molecule has 3 heteroatoms. The third-order valence-electron chi connectivity index (χ3n) is 1.78. The summed E-state index contributed by atoms with van der Waals surface area (Å²) in [6.45, 7) is 8.64. The van der Waals surface area contributed by atoms with E-state index >= 15 is 0 Å². The second-order valence-electron chi connectivity index (χ2n) is 3.71. The smallest absolute Gasteiger partial charge is 0.0897 e. The van der Waals surface area contributed by atoms with Crippen LogP contribution in [0.2, 0.25) is 0 Å². The van der Waals surface area contributed by atoms with Gasteiger partial charge < -0.3 is 5.32 Å². The van der Waals surface area contributed by atoms with Crippen molar-refractivity contribution in [3.05, 3.63) is 16.1 Å². The largest absolute Gasteiger partial charge is 0.316 e. The van der Waals surface area contributed by atoms with Crippen molar-refractivity contribution >= 4 is 11.3 Å². The van der Waals surface area contributed by atoms with Crippen molar-refractivity contribution in [2.75, 3.05) is 13.1 Å². The maximum atomic E-state index is 4.41. The summed E-state index contributed by atoms with van der Waals surface area (Å²) in [5.41, 5.74) is 1.22. The highest BCUT2D eigenvalue weighted by atomic mass is 32.1. The Hall–Kier alpha value is -0.410. The van der Waals surface area contributed by atoms with Crippen molar-refractivity contribution in [3.8, 4) is 0 Å².